The van der Waals surface area contributed by atoms with Crippen molar-refractivity contribution in [3.05, 3.63) is 17.3 Å². The first-order chi connectivity index (χ1) is 8.31. The normalized spacial score (nSPS) is 10.9. The Kier molecular flexibility index (Phi) is 4.28. The fourth-order valence-electron chi connectivity index (χ4n) is 1.64. The molecule has 0 saturated heterocycles. The zero-order valence-corrected chi connectivity index (χ0v) is 11.0. The molecule has 2 aromatic rings. The van der Waals surface area contributed by atoms with Gasteiger partial charge in [-0.3, -0.25) is 0 Å². The number of nitrogens with zero attached hydrogens (tertiary/aromatic N) is 2. The molecule has 4 nitrogen and oxygen atoms in total. The van der Waals surface area contributed by atoms with Crippen LogP contribution in [0.15, 0.2) is 12.4 Å². The van der Waals surface area contributed by atoms with E-state index in [4.69, 9.17) is 4.74 Å². The molecule has 0 fully saturated rings. The number of aromatic nitrogens is 2. The van der Waals surface area contributed by atoms with Crippen LogP contribution in [0.5, 0.6) is 0 Å². The first kappa shape index (κ1) is 12.3. The van der Waals surface area contributed by atoms with Crippen LogP contribution in [-0.4, -0.2) is 29.7 Å². The molecule has 17 heavy (non-hydrogen) atoms. The third-order valence-electron chi connectivity index (χ3n) is 2.41. The molecule has 0 unspecified atom stereocenters. The van der Waals surface area contributed by atoms with Gasteiger partial charge >= 0.3 is 0 Å². The SMILES string of the molecule is CCOCCCNc1ncnc2sc(C)cc12. The van der Waals surface area contributed by atoms with E-state index in [-0.39, 0.29) is 0 Å². The lowest BCUT2D eigenvalue weighted by Gasteiger charge is -2.06. The van der Waals surface area contributed by atoms with Crippen LogP contribution in [0.4, 0.5) is 5.82 Å². The molecule has 0 radical (unpaired) electrons. The van der Waals surface area contributed by atoms with Crippen molar-refractivity contribution in [3.8, 4) is 0 Å². The number of thiophene rings is 1. The van der Waals surface area contributed by atoms with Crippen LogP contribution < -0.4 is 5.32 Å². The van der Waals surface area contributed by atoms with Crippen molar-refractivity contribution >= 4 is 27.4 Å². The van der Waals surface area contributed by atoms with E-state index in [9.17, 15) is 0 Å². The summed E-state index contributed by atoms with van der Waals surface area (Å²) < 4.78 is 5.29. The van der Waals surface area contributed by atoms with E-state index in [1.165, 1.54) is 4.88 Å². The molecule has 2 rings (SSSR count). The minimum atomic E-state index is 0.779. The number of aryl methyl sites for hydroxylation is 1. The summed E-state index contributed by atoms with van der Waals surface area (Å²) in [7, 11) is 0. The summed E-state index contributed by atoms with van der Waals surface area (Å²) in [5, 5.41) is 4.45. The van der Waals surface area contributed by atoms with Crippen molar-refractivity contribution < 1.29 is 4.74 Å². The van der Waals surface area contributed by atoms with E-state index >= 15 is 0 Å². The zero-order valence-electron chi connectivity index (χ0n) is 10.2. The number of ether oxygens (including phenoxy) is 1. The summed E-state index contributed by atoms with van der Waals surface area (Å²) in [6.45, 7) is 6.55. The third kappa shape index (κ3) is 3.14. The average molecular weight is 251 g/mol. The second-order valence-electron chi connectivity index (χ2n) is 3.78. The van der Waals surface area contributed by atoms with Crippen LogP contribution in [0, 0.1) is 6.92 Å². The van der Waals surface area contributed by atoms with Crippen LogP contribution in [-0.2, 0) is 4.74 Å². The second kappa shape index (κ2) is 5.93. The van der Waals surface area contributed by atoms with Gasteiger partial charge in [0.1, 0.15) is 17.0 Å². The zero-order chi connectivity index (χ0) is 12.1. The van der Waals surface area contributed by atoms with Gasteiger partial charge in [-0.2, -0.15) is 0 Å². The van der Waals surface area contributed by atoms with Crippen molar-refractivity contribution in [2.75, 3.05) is 25.1 Å². The van der Waals surface area contributed by atoms with Gasteiger partial charge < -0.3 is 10.1 Å². The van der Waals surface area contributed by atoms with E-state index in [0.29, 0.717) is 0 Å². The Morgan fingerprint density at radius 1 is 1.41 bits per heavy atom. The van der Waals surface area contributed by atoms with Crippen LogP contribution in [0.2, 0.25) is 0 Å². The molecule has 92 valence electrons. The topological polar surface area (TPSA) is 47.0 Å². The molecule has 0 aliphatic heterocycles. The van der Waals surface area contributed by atoms with Gasteiger partial charge in [0.25, 0.3) is 0 Å². The number of anilines is 1. The number of hydrogen-bond donors (Lipinski definition) is 1. The lowest BCUT2D eigenvalue weighted by Crippen LogP contribution is -2.07. The molecule has 2 heterocycles. The average Bonchev–Trinajstić information content (AvgIpc) is 2.70. The molecule has 0 amide bonds. The summed E-state index contributed by atoms with van der Waals surface area (Å²) >= 11 is 1.70. The minimum Gasteiger partial charge on any atom is -0.382 e. The molecule has 0 aromatic carbocycles. The Hall–Kier alpha value is -1.20. The van der Waals surface area contributed by atoms with Crippen molar-refractivity contribution in [1.29, 1.82) is 0 Å². The van der Waals surface area contributed by atoms with Crippen LogP contribution in [0.3, 0.4) is 0 Å². The first-order valence-electron chi connectivity index (χ1n) is 5.84. The van der Waals surface area contributed by atoms with Gasteiger partial charge in [-0.1, -0.05) is 0 Å². The summed E-state index contributed by atoms with van der Waals surface area (Å²) in [6, 6.07) is 2.13. The van der Waals surface area contributed by atoms with Crippen LogP contribution in [0.25, 0.3) is 10.2 Å². The Labute approximate surface area is 105 Å². The number of fused-ring (bicyclic) bond motifs is 1. The molecule has 2 aromatic heterocycles. The molecule has 0 aliphatic carbocycles. The highest BCUT2D eigenvalue weighted by Gasteiger charge is 2.05. The van der Waals surface area contributed by atoms with E-state index in [1.807, 2.05) is 6.92 Å². The predicted octanol–water partition coefficient (Wildman–Crippen LogP) is 2.84. The third-order valence-corrected chi connectivity index (χ3v) is 3.37. The molecule has 1 N–H and O–H groups in total. The standard InChI is InChI=1S/C12H17N3OS/c1-3-16-6-4-5-13-11-10-7-9(2)17-12(10)15-8-14-11/h7-8H,3-6H2,1-2H3,(H,13,14,15). The van der Waals surface area contributed by atoms with E-state index in [2.05, 4.69) is 28.3 Å². The second-order valence-corrected chi connectivity index (χ2v) is 5.01. The summed E-state index contributed by atoms with van der Waals surface area (Å²) in [5.41, 5.74) is 0. The molecular formula is C12H17N3OS. The van der Waals surface area contributed by atoms with Gasteiger partial charge in [0, 0.05) is 24.6 Å². The summed E-state index contributed by atoms with van der Waals surface area (Å²) in [4.78, 5) is 10.9. The lowest BCUT2D eigenvalue weighted by atomic mass is 10.3. The molecule has 5 heteroatoms. The van der Waals surface area contributed by atoms with Crippen LogP contribution >= 0.6 is 11.3 Å². The summed E-state index contributed by atoms with van der Waals surface area (Å²) in [5.74, 6) is 0.927. The quantitative estimate of drug-likeness (QED) is 0.802. The monoisotopic (exact) mass is 251 g/mol. The summed E-state index contributed by atoms with van der Waals surface area (Å²) in [6.07, 6.45) is 2.60. The molecule has 0 bridgehead atoms. The number of hydrogen-bond acceptors (Lipinski definition) is 5. The van der Waals surface area contributed by atoms with Gasteiger partial charge in [-0.15, -0.1) is 11.3 Å². The highest BCUT2D eigenvalue weighted by atomic mass is 32.1. The first-order valence-corrected chi connectivity index (χ1v) is 6.65. The van der Waals surface area contributed by atoms with E-state index in [1.54, 1.807) is 17.7 Å². The van der Waals surface area contributed by atoms with Gasteiger partial charge in [-0.05, 0) is 26.3 Å². The van der Waals surface area contributed by atoms with E-state index in [0.717, 1.165) is 42.2 Å². The minimum absolute atomic E-state index is 0.779. The highest BCUT2D eigenvalue weighted by molar-refractivity contribution is 7.18. The Bertz CT molecular complexity index is 484. The molecule has 0 atom stereocenters. The maximum atomic E-state index is 5.29. The number of rotatable bonds is 6. The molecular weight excluding hydrogens is 234 g/mol. The lowest BCUT2D eigenvalue weighted by molar-refractivity contribution is 0.147. The maximum Gasteiger partial charge on any atom is 0.138 e. The van der Waals surface area contributed by atoms with Crippen molar-refractivity contribution in [2.45, 2.75) is 20.3 Å². The van der Waals surface area contributed by atoms with E-state index < -0.39 is 0 Å². The fourth-order valence-corrected chi connectivity index (χ4v) is 2.49. The smallest absolute Gasteiger partial charge is 0.138 e. The Morgan fingerprint density at radius 2 is 2.29 bits per heavy atom. The van der Waals surface area contributed by atoms with Crippen LogP contribution in [0.1, 0.15) is 18.2 Å². The molecule has 0 saturated carbocycles. The highest BCUT2D eigenvalue weighted by Crippen LogP contribution is 2.27. The van der Waals surface area contributed by atoms with Gasteiger partial charge in [0.05, 0.1) is 5.39 Å². The Balaban J connectivity index is 1.98. The van der Waals surface area contributed by atoms with Gasteiger partial charge in [0.15, 0.2) is 0 Å². The predicted molar refractivity (Wildman–Crippen MR) is 71.8 cm³/mol. The maximum absolute atomic E-state index is 5.29. The fraction of sp³-hybridized carbons (Fsp3) is 0.500. The number of nitrogens with one attached hydrogen (secondary N) is 1. The Morgan fingerprint density at radius 3 is 3.12 bits per heavy atom. The molecule has 0 spiro atoms. The molecule has 0 aliphatic rings. The van der Waals surface area contributed by atoms with Crippen molar-refractivity contribution in [1.82, 2.24) is 9.97 Å². The van der Waals surface area contributed by atoms with Crippen molar-refractivity contribution in [3.63, 3.8) is 0 Å². The van der Waals surface area contributed by atoms with Gasteiger partial charge in [0.2, 0.25) is 0 Å². The van der Waals surface area contributed by atoms with Crippen molar-refractivity contribution in [2.24, 2.45) is 0 Å². The van der Waals surface area contributed by atoms with Gasteiger partial charge in [-0.25, -0.2) is 9.97 Å². The largest absolute Gasteiger partial charge is 0.382 e.